The van der Waals surface area contributed by atoms with Crippen molar-refractivity contribution < 1.29 is 4.79 Å². The van der Waals surface area contributed by atoms with E-state index in [1.165, 1.54) is 18.2 Å². The van der Waals surface area contributed by atoms with Crippen molar-refractivity contribution in [3.05, 3.63) is 59.6 Å². The maximum Gasteiger partial charge on any atom is 0.233 e. The zero-order chi connectivity index (χ0) is 20.2. The van der Waals surface area contributed by atoms with Gasteiger partial charge in [-0.2, -0.15) is 0 Å². The lowest BCUT2D eigenvalue weighted by Crippen LogP contribution is -2.40. The number of thioether (sulfide) groups is 1. The minimum Gasteiger partial charge on any atom is -0.342 e. The van der Waals surface area contributed by atoms with Gasteiger partial charge in [-0.05, 0) is 43.0 Å². The van der Waals surface area contributed by atoms with Crippen LogP contribution in [0.5, 0.6) is 0 Å². The molecule has 4 rings (SSSR count). The van der Waals surface area contributed by atoms with E-state index < -0.39 is 0 Å². The Morgan fingerprint density at radius 2 is 1.90 bits per heavy atom. The van der Waals surface area contributed by atoms with E-state index in [0.29, 0.717) is 21.8 Å². The molecule has 1 amide bonds. The van der Waals surface area contributed by atoms with Crippen molar-refractivity contribution in [3.8, 4) is 17.1 Å². The molecule has 1 aromatic heterocycles. The predicted molar refractivity (Wildman–Crippen MR) is 118 cm³/mol. The van der Waals surface area contributed by atoms with Gasteiger partial charge in [0.05, 0.1) is 5.75 Å². The van der Waals surface area contributed by atoms with Gasteiger partial charge in [0.25, 0.3) is 0 Å². The SMILES string of the molecule is CC1CCCN(C(=O)CSc2nnc(-c3ccccc3)n2-c2ccc(Cl)cc2)C1. The molecule has 0 N–H and O–H groups in total. The second kappa shape index (κ2) is 9.01. The first kappa shape index (κ1) is 20.0. The quantitative estimate of drug-likeness (QED) is 0.542. The fourth-order valence-electron chi connectivity index (χ4n) is 3.59. The van der Waals surface area contributed by atoms with Gasteiger partial charge in [0.15, 0.2) is 11.0 Å². The van der Waals surface area contributed by atoms with Crippen LogP contribution in [0.25, 0.3) is 17.1 Å². The molecule has 150 valence electrons. The van der Waals surface area contributed by atoms with E-state index in [1.807, 2.05) is 64.1 Å². The number of hydrogen-bond acceptors (Lipinski definition) is 4. The predicted octanol–water partition coefficient (Wildman–Crippen LogP) is 4.94. The standard InChI is InChI=1S/C22H23ClN4OS/c1-16-6-5-13-26(14-16)20(28)15-29-22-25-24-21(17-7-3-2-4-8-17)27(22)19-11-9-18(23)10-12-19/h2-4,7-12,16H,5-6,13-15H2,1H3. The van der Waals surface area contributed by atoms with Crippen LogP contribution in [0.1, 0.15) is 19.8 Å². The summed E-state index contributed by atoms with van der Waals surface area (Å²) in [5.74, 6) is 1.83. The third-order valence-corrected chi connectivity index (χ3v) is 6.25. The minimum absolute atomic E-state index is 0.161. The summed E-state index contributed by atoms with van der Waals surface area (Å²) < 4.78 is 1.99. The van der Waals surface area contributed by atoms with Crippen LogP contribution in [0.2, 0.25) is 5.02 Å². The number of hydrogen-bond donors (Lipinski definition) is 0. The monoisotopic (exact) mass is 426 g/mol. The molecule has 0 saturated carbocycles. The Kier molecular flexibility index (Phi) is 6.21. The van der Waals surface area contributed by atoms with Crippen molar-refractivity contribution in [3.63, 3.8) is 0 Å². The summed E-state index contributed by atoms with van der Waals surface area (Å²) in [6, 6.07) is 17.5. The first-order valence-corrected chi connectivity index (χ1v) is 11.2. The molecule has 2 heterocycles. The second-order valence-electron chi connectivity index (χ2n) is 7.36. The van der Waals surface area contributed by atoms with Crippen molar-refractivity contribution in [1.82, 2.24) is 19.7 Å². The van der Waals surface area contributed by atoms with Crippen molar-refractivity contribution in [2.45, 2.75) is 24.9 Å². The second-order valence-corrected chi connectivity index (χ2v) is 8.74. The highest BCUT2D eigenvalue weighted by atomic mass is 35.5. The molecule has 1 saturated heterocycles. The summed E-state index contributed by atoms with van der Waals surface area (Å²) in [7, 11) is 0. The topological polar surface area (TPSA) is 51.0 Å². The Labute approximate surface area is 180 Å². The van der Waals surface area contributed by atoms with Gasteiger partial charge in [-0.3, -0.25) is 9.36 Å². The summed E-state index contributed by atoms with van der Waals surface area (Å²) in [4.78, 5) is 14.7. The molecule has 1 aliphatic heterocycles. The van der Waals surface area contributed by atoms with Gasteiger partial charge in [-0.25, -0.2) is 0 Å². The summed E-state index contributed by atoms with van der Waals surface area (Å²) in [5, 5.41) is 10.2. The number of halogens is 1. The summed E-state index contributed by atoms with van der Waals surface area (Å²) >= 11 is 7.50. The summed E-state index contributed by atoms with van der Waals surface area (Å²) in [6.07, 6.45) is 2.28. The molecular weight excluding hydrogens is 404 g/mol. The number of likely N-dealkylation sites (tertiary alicyclic amines) is 1. The number of carbonyl (C=O) groups excluding carboxylic acids is 1. The fraction of sp³-hybridized carbons (Fsp3) is 0.318. The number of piperidine rings is 1. The Balaban J connectivity index is 1.60. The summed E-state index contributed by atoms with van der Waals surface area (Å²) in [5.41, 5.74) is 1.89. The van der Waals surface area contributed by atoms with Crippen molar-refractivity contribution in [2.24, 2.45) is 5.92 Å². The molecule has 1 atom stereocenters. The zero-order valence-electron chi connectivity index (χ0n) is 16.3. The van der Waals surface area contributed by atoms with E-state index >= 15 is 0 Å². The molecule has 5 nitrogen and oxygen atoms in total. The molecule has 1 aliphatic rings. The molecule has 0 aliphatic carbocycles. The van der Waals surface area contributed by atoms with Gasteiger partial charge in [0, 0.05) is 29.4 Å². The van der Waals surface area contributed by atoms with Crippen molar-refractivity contribution >= 4 is 29.3 Å². The maximum atomic E-state index is 12.7. The first-order chi connectivity index (χ1) is 14.1. The van der Waals surface area contributed by atoms with Gasteiger partial charge >= 0.3 is 0 Å². The van der Waals surface area contributed by atoms with Crippen molar-refractivity contribution in [1.29, 1.82) is 0 Å². The van der Waals surface area contributed by atoms with Crippen LogP contribution in [0.4, 0.5) is 0 Å². The number of amides is 1. The van der Waals surface area contributed by atoms with Gasteiger partial charge in [-0.1, -0.05) is 60.6 Å². The van der Waals surface area contributed by atoms with Gasteiger partial charge in [0.2, 0.25) is 5.91 Å². The van der Waals surface area contributed by atoms with Crippen LogP contribution in [-0.2, 0) is 4.79 Å². The zero-order valence-corrected chi connectivity index (χ0v) is 17.9. The number of nitrogens with zero attached hydrogens (tertiary/aromatic N) is 4. The first-order valence-electron chi connectivity index (χ1n) is 9.79. The molecule has 1 fully saturated rings. The average molecular weight is 427 g/mol. The Morgan fingerprint density at radius 3 is 2.62 bits per heavy atom. The lowest BCUT2D eigenvalue weighted by atomic mass is 10.0. The molecule has 29 heavy (non-hydrogen) atoms. The van der Waals surface area contributed by atoms with Crippen LogP contribution in [-0.4, -0.2) is 44.4 Å². The largest absolute Gasteiger partial charge is 0.342 e. The Morgan fingerprint density at radius 1 is 1.14 bits per heavy atom. The fourth-order valence-corrected chi connectivity index (χ4v) is 4.57. The molecule has 1 unspecified atom stereocenters. The number of rotatable bonds is 5. The maximum absolute atomic E-state index is 12.7. The van der Waals surface area contributed by atoms with Crippen LogP contribution in [0, 0.1) is 5.92 Å². The highest BCUT2D eigenvalue weighted by molar-refractivity contribution is 7.99. The number of aromatic nitrogens is 3. The highest BCUT2D eigenvalue weighted by Gasteiger charge is 2.22. The highest BCUT2D eigenvalue weighted by Crippen LogP contribution is 2.29. The molecular formula is C22H23ClN4OS. The van der Waals surface area contributed by atoms with E-state index in [-0.39, 0.29) is 5.91 Å². The third kappa shape index (κ3) is 4.65. The summed E-state index contributed by atoms with van der Waals surface area (Å²) in [6.45, 7) is 3.90. The van der Waals surface area contributed by atoms with E-state index in [0.717, 1.165) is 36.6 Å². The van der Waals surface area contributed by atoms with Crippen LogP contribution in [0.3, 0.4) is 0 Å². The van der Waals surface area contributed by atoms with Crippen LogP contribution in [0.15, 0.2) is 59.8 Å². The lowest BCUT2D eigenvalue weighted by molar-refractivity contribution is -0.130. The average Bonchev–Trinajstić information content (AvgIpc) is 3.17. The van der Waals surface area contributed by atoms with Gasteiger partial charge in [0.1, 0.15) is 0 Å². The number of carbonyl (C=O) groups is 1. The van der Waals surface area contributed by atoms with Crippen molar-refractivity contribution in [2.75, 3.05) is 18.8 Å². The molecule has 0 bridgehead atoms. The smallest absolute Gasteiger partial charge is 0.233 e. The minimum atomic E-state index is 0.161. The van der Waals surface area contributed by atoms with Gasteiger partial charge in [-0.15, -0.1) is 10.2 Å². The molecule has 0 spiro atoms. The van der Waals surface area contributed by atoms with Crippen LogP contribution >= 0.6 is 23.4 Å². The molecule has 2 aromatic carbocycles. The van der Waals surface area contributed by atoms with E-state index in [1.54, 1.807) is 0 Å². The Hall–Kier alpha value is -2.31. The van der Waals surface area contributed by atoms with Crippen LogP contribution < -0.4 is 0 Å². The van der Waals surface area contributed by atoms with Gasteiger partial charge < -0.3 is 4.90 Å². The molecule has 7 heteroatoms. The van der Waals surface area contributed by atoms with E-state index in [9.17, 15) is 4.79 Å². The number of benzene rings is 2. The van der Waals surface area contributed by atoms with E-state index in [4.69, 9.17) is 11.6 Å². The van der Waals surface area contributed by atoms with E-state index in [2.05, 4.69) is 17.1 Å². The Bertz CT molecular complexity index is 974. The normalized spacial score (nSPS) is 16.8. The molecule has 3 aromatic rings. The third-order valence-electron chi connectivity index (χ3n) is 5.08. The lowest BCUT2D eigenvalue weighted by Gasteiger charge is -2.30. The molecule has 0 radical (unpaired) electrons.